The van der Waals surface area contributed by atoms with Crippen molar-refractivity contribution in [2.75, 3.05) is 32.8 Å². The van der Waals surface area contributed by atoms with Crippen LogP contribution in [0.25, 0.3) is 0 Å². The number of carbonyl (C=O) groups excluding carboxylic acids is 1. The number of thiophene rings is 1. The third-order valence-electron chi connectivity index (χ3n) is 6.21. The molecule has 5 nitrogen and oxygen atoms in total. The molecule has 0 fully saturated rings. The summed E-state index contributed by atoms with van der Waals surface area (Å²) in [6, 6.07) is 8.24. The van der Waals surface area contributed by atoms with Gasteiger partial charge in [-0.1, -0.05) is 30.7 Å². The van der Waals surface area contributed by atoms with Gasteiger partial charge in [-0.2, -0.15) is 0 Å². The van der Waals surface area contributed by atoms with Gasteiger partial charge in [-0.15, -0.1) is 17.9 Å². The fourth-order valence-electron chi connectivity index (χ4n) is 4.54. The van der Waals surface area contributed by atoms with Crippen LogP contribution in [-0.2, 0) is 11.2 Å². The van der Waals surface area contributed by atoms with Gasteiger partial charge in [0.25, 0.3) is 0 Å². The summed E-state index contributed by atoms with van der Waals surface area (Å²) in [5, 5.41) is 12.5. The lowest BCUT2D eigenvalue weighted by atomic mass is 10.00. The average molecular weight is 471 g/mol. The molecule has 1 N–H and O–H groups in total. The SMILES string of the molecule is C=CCCC(O)CN(CCC)CC(=O)N1CCc2sccc2C1COc1ccc(C)cc1C. The molecule has 180 valence electrons. The maximum Gasteiger partial charge on any atom is 0.237 e. The summed E-state index contributed by atoms with van der Waals surface area (Å²) in [7, 11) is 0. The number of aliphatic hydroxyl groups is 1. The molecule has 0 spiro atoms. The van der Waals surface area contributed by atoms with E-state index in [4.69, 9.17) is 4.74 Å². The second kappa shape index (κ2) is 12.4. The Morgan fingerprint density at radius 3 is 2.94 bits per heavy atom. The monoisotopic (exact) mass is 470 g/mol. The van der Waals surface area contributed by atoms with Gasteiger partial charge >= 0.3 is 0 Å². The zero-order valence-electron chi connectivity index (χ0n) is 20.3. The van der Waals surface area contributed by atoms with Crippen molar-refractivity contribution < 1.29 is 14.6 Å². The van der Waals surface area contributed by atoms with Gasteiger partial charge in [0.2, 0.25) is 5.91 Å². The molecule has 1 aliphatic heterocycles. The second-order valence-corrected chi connectivity index (χ2v) is 9.99. The molecule has 2 unspecified atom stereocenters. The molecule has 6 heteroatoms. The Kier molecular flexibility index (Phi) is 9.53. The van der Waals surface area contributed by atoms with Crippen molar-refractivity contribution in [1.82, 2.24) is 9.80 Å². The highest BCUT2D eigenvalue weighted by Gasteiger charge is 2.33. The van der Waals surface area contributed by atoms with Crippen LogP contribution in [0.5, 0.6) is 5.75 Å². The fraction of sp³-hybridized carbons (Fsp3) is 0.519. The maximum atomic E-state index is 13.5. The summed E-state index contributed by atoms with van der Waals surface area (Å²) in [6.07, 6.45) is 4.65. The van der Waals surface area contributed by atoms with Crippen molar-refractivity contribution in [3.8, 4) is 5.75 Å². The first kappa shape index (κ1) is 25.5. The van der Waals surface area contributed by atoms with E-state index < -0.39 is 6.10 Å². The number of aliphatic hydroxyl groups excluding tert-OH is 1. The number of hydrogen-bond acceptors (Lipinski definition) is 5. The van der Waals surface area contributed by atoms with Gasteiger partial charge in [-0.25, -0.2) is 0 Å². The lowest BCUT2D eigenvalue weighted by Gasteiger charge is -2.37. The van der Waals surface area contributed by atoms with Crippen LogP contribution < -0.4 is 4.74 Å². The van der Waals surface area contributed by atoms with E-state index in [1.165, 1.54) is 16.0 Å². The minimum Gasteiger partial charge on any atom is -0.491 e. The minimum absolute atomic E-state index is 0.0950. The molecule has 33 heavy (non-hydrogen) atoms. The predicted octanol–water partition coefficient (Wildman–Crippen LogP) is 4.91. The van der Waals surface area contributed by atoms with Gasteiger partial charge in [0.1, 0.15) is 12.4 Å². The van der Waals surface area contributed by atoms with Crippen molar-refractivity contribution in [3.63, 3.8) is 0 Å². The summed E-state index contributed by atoms with van der Waals surface area (Å²) in [6.45, 7) is 12.7. The standard InChI is InChI=1S/C27H38N2O3S/c1-5-7-8-22(30)17-28(13-6-2)18-27(31)29-14-11-26-23(12-15-33-26)24(29)19-32-25-10-9-20(3)16-21(25)4/h5,9-10,12,15-16,22,24,30H,1,6-8,11,13-14,17-19H2,2-4H3. The summed E-state index contributed by atoms with van der Waals surface area (Å²) < 4.78 is 6.25. The maximum absolute atomic E-state index is 13.5. The van der Waals surface area contributed by atoms with Gasteiger partial charge in [-0.05, 0) is 74.7 Å². The van der Waals surface area contributed by atoms with Crippen LogP contribution in [0.1, 0.15) is 53.8 Å². The zero-order chi connectivity index (χ0) is 23.8. The van der Waals surface area contributed by atoms with Crippen molar-refractivity contribution in [3.05, 3.63) is 63.9 Å². The Morgan fingerprint density at radius 1 is 1.39 bits per heavy atom. The number of hydrogen-bond donors (Lipinski definition) is 1. The van der Waals surface area contributed by atoms with E-state index in [0.29, 0.717) is 32.7 Å². The molecule has 0 saturated heterocycles. The number of carbonyl (C=O) groups is 1. The first-order chi connectivity index (χ1) is 15.9. The lowest BCUT2D eigenvalue weighted by molar-refractivity contribution is -0.136. The highest BCUT2D eigenvalue weighted by Crippen LogP contribution is 2.34. The minimum atomic E-state index is -0.448. The molecule has 0 bridgehead atoms. The first-order valence-corrected chi connectivity index (χ1v) is 12.9. The van der Waals surface area contributed by atoms with E-state index in [-0.39, 0.29) is 11.9 Å². The Labute approximate surface area is 202 Å². The molecular formula is C27H38N2O3S. The number of nitrogens with zero attached hydrogens (tertiary/aromatic N) is 2. The van der Waals surface area contributed by atoms with Crippen LogP contribution in [0.15, 0.2) is 42.3 Å². The Hall–Kier alpha value is -2.15. The molecule has 1 aliphatic rings. The molecule has 1 amide bonds. The average Bonchev–Trinajstić information content (AvgIpc) is 3.26. The summed E-state index contributed by atoms with van der Waals surface area (Å²) in [4.78, 5) is 18.9. The largest absolute Gasteiger partial charge is 0.491 e. The molecule has 2 atom stereocenters. The second-order valence-electron chi connectivity index (χ2n) is 8.99. The third-order valence-corrected chi connectivity index (χ3v) is 7.21. The Balaban J connectivity index is 1.71. The number of amides is 1. The quantitative estimate of drug-likeness (QED) is 0.448. The smallest absolute Gasteiger partial charge is 0.237 e. The van der Waals surface area contributed by atoms with Crippen LogP contribution >= 0.6 is 11.3 Å². The number of rotatable bonds is 12. The van der Waals surface area contributed by atoms with Gasteiger partial charge in [0, 0.05) is 18.0 Å². The van der Waals surface area contributed by atoms with Crippen molar-refractivity contribution in [1.29, 1.82) is 0 Å². The molecule has 0 radical (unpaired) electrons. The Bertz CT molecular complexity index is 926. The lowest BCUT2D eigenvalue weighted by Crippen LogP contribution is -2.48. The summed E-state index contributed by atoms with van der Waals surface area (Å²) in [5.74, 6) is 0.971. The van der Waals surface area contributed by atoms with Crippen LogP contribution in [-0.4, -0.2) is 59.7 Å². The highest BCUT2D eigenvalue weighted by molar-refractivity contribution is 7.10. The topological polar surface area (TPSA) is 53.0 Å². The molecule has 2 heterocycles. The van der Waals surface area contributed by atoms with Crippen molar-refractivity contribution in [2.24, 2.45) is 0 Å². The van der Waals surface area contributed by atoms with Gasteiger partial charge in [0.15, 0.2) is 0 Å². The molecule has 2 aromatic rings. The van der Waals surface area contributed by atoms with E-state index in [0.717, 1.165) is 37.1 Å². The van der Waals surface area contributed by atoms with Crippen LogP contribution in [0.2, 0.25) is 0 Å². The van der Waals surface area contributed by atoms with Crippen LogP contribution in [0.4, 0.5) is 0 Å². The number of aryl methyl sites for hydroxylation is 2. The van der Waals surface area contributed by atoms with E-state index in [1.54, 1.807) is 11.3 Å². The number of fused-ring (bicyclic) bond motifs is 1. The fourth-order valence-corrected chi connectivity index (χ4v) is 5.47. The van der Waals surface area contributed by atoms with Gasteiger partial charge < -0.3 is 14.7 Å². The molecule has 1 aromatic heterocycles. The number of allylic oxidation sites excluding steroid dienone is 1. The van der Waals surface area contributed by atoms with Crippen LogP contribution in [0, 0.1) is 13.8 Å². The van der Waals surface area contributed by atoms with Crippen molar-refractivity contribution >= 4 is 17.2 Å². The normalized spacial score (nSPS) is 16.5. The van der Waals surface area contributed by atoms with Crippen LogP contribution in [0.3, 0.4) is 0 Å². The predicted molar refractivity (Wildman–Crippen MR) is 136 cm³/mol. The molecule has 1 aromatic carbocycles. The molecule has 3 rings (SSSR count). The highest BCUT2D eigenvalue weighted by atomic mass is 32.1. The third kappa shape index (κ3) is 6.92. The molecule has 0 saturated carbocycles. The Morgan fingerprint density at radius 2 is 2.21 bits per heavy atom. The van der Waals surface area contributed by atoms with E-state index in [2.05, 4.69) is 55.8 Å². The zero-order valence-corrected chi connectivity index (χ0v) is 21.1. The van der Waals surface area contributed by atoms with Gasteiger partial charge in [-0.3, -0.25) is 9.69 Å². The summed E-state index contributed by atoms with van der Waals surface area (Å²) in [5.41, 5.74) is 3.52. The van der Waals surface area contributed by atoms with Crippen molar-refractivity contribution in [2.45, 2.75) is 58.6 Å². The molecule has 0 aliphatic carbocycles. The molecular weight excluding hydrogens is 432 g/mol. The summed E-state index contributed by atoms with van der Waals surface area (Å²) >= 11 is 1.76. The van der Waals surface area contributed by atoms with E-state index in [1.807, 2.05) is 17.0 Å². The number of ether oxygens (including phenoxy) is 1. The first-order valence-electron chi connectivity index (χ1n) is 12.0. The number of benzene rings is 1. The van der Waals surface area contributed by atoms with Gasteiger partial charge in [0.05, 0.1) is 18.7 Å². The van der Waals surface area contributed by atoms with E-state index >= 15 is 0 Å². The van der Waals surface area contributed by atoms with E-state index in [9.17, 15) is 9.90 Å².